The molecule has 0 saturated carbocycles. The smallest absolute Gasteiger partial charge is 0.346 e. The van der Waals surface area contributed by atoms with E-state index < -0.39 is 11.9 Å². The fraction of sp³-hybridized carbons (Fsp3) is 0.0312. The Balaban J connectivity index is 0.868. The number of hydrogen-bond donors (Lipinski definition) is 2. The van der Waals surface area contributed by atoms with Crippen LogP contribution in [0.15, 0.2) is 205 Å². The molecule has 0 spiro atoms. The van der Waals surface area contributed by atoms with Crippen molar-refractivity contribution in [2.24, 2.45) is 0 Å². The Kier molecular flexibility index (Phi) is 15.9. The molecule has 0 amide bonds. The van der Waals surface area contributed by atoms with Gasteiger partial charge in [-0.3, -0.25) is 0 Å². The van der Waals surface area contributed by atoms with Gasteiger partial charge in [-0.1, -0.05) is 97.1 Å². The third-order valence-corrected chi connectivity index (χ3v) is 14.3. The second-order valence-electron chi connectivity index (χ2n) is 17.0. The maximum Gasteiger partial charge on any atom is 0.346 e. The van der Waals surface area contributed by atoms with E-state index in [1.165, 1.54) is 34.8 Å². The molecule has 370 valence electrons. The number of ether oxygens (including phenoxy) is 2. The van der Waals surface area contributed by atoms with E-state index in [0.717, 1.165) is 88.8 Å². The number of hydrogen-bond acceptors (Lipinski definition) is 10. The Hall–Kier alpha value is -9.98. The van der Waals surface area contributed by atoms with Crippen molar-refractivity contribution in [1.82, 2.24) is 0 Å². The van der Waals surface area contributed by atoms with Gasteiger partial charge >= 0.3 is 11.9 Å². The van der Waals surface area contributed by atoms with Gasteiger partial charge in [0.2, 0.25) is 0 Å². The zero-order chi connectivity index (χ0) is 53.0. The molecule has 0 aliphatic heterocycles. The van der Waals surface area contributed by atoms with E-state index in [2.05, 4.69) is 131 Å². The highest BCUT2D eigenvalue weighted by atomic mass is 32.1. The number of nitriles is 2. The Bertz CT molecular complexity index is 3460. The van der Waals surface area contributed by atoms with E-state index in [9.17, 15) is 30.3 Å². The molecule has 2 aromatic heterocycles. The molecule has 7 aromatic carbocycles. The number of thiophene rings is 2. The molecular formula is C64H46N4O6S2. The standard InChI is InChI=1S/C64H46N4O6S2/c1-73-57-31-27-55(28-32-57)67(53-23-15-47(16-24-53)61-37-35-59(75-61)39-49(41-65)63(69)70)51-19-11-45(12-20-51)9-7-43-3-5-44(6-4-43)8-10-46-13-21-52(22-14-46)68(56-29-33-58(74-2)34-30-56)54-25-17-48(18-26-54)62-38-36-60(76-62)40-50(42-66)64(71)72/h3-40H,1-2H3,(H,69,70)(H,71,72)/b9-7+,10-8+,49-39+,50-40+. The summed E-state index contributed by atoms with van der Waals surface area (Å²) in [5.41, 5.74) is 11.3. The van der Waals surface area contributed by atoms with E-state index in [1.54, 1.807) is 26.4 Å². The van der Waals surface area contributed by atoms with E-state index in [1.807, 2.05) is 97.1 Å². The topological polar surface area (TPSA) is 147 Å². The minimum absolute atomic E-state index is 0.306. The van der Waals surface area contributed by atoms with Gasteiger partial charge in [0, 0.05) is 53.6 Å². The van der Waals surface area contributed by atoms with Crippen molar-refractivity contribution in [1.29, 1.82) is 10.5 Å². The van der Waals surface area contributed by atoms with E-state index in [0.29, 0.717) is 9.75 Å². The van der Waals surface area contributed by atoms with Gasteiger partial charge in [-0.15, -0.1) is 22.7 Å². The lowest BCUT2D eigenvalue weighted by Gasteiger charge is -2.26. The quantitative estimate of drug-likeness (QED) is 0.0483. The second-order valence-corrected chi connectivity index (χ2v) is 19.3. The van der Waals surface area contributed by atoms with Crippen LogP contribution < -0.4 is 19.3 Å². The van der Waals surface area contributed by atoms with Crippen molar-refractivity contribution in [2.45, 2.75) is 0 Å². The predicted octanol–water partition coefficient (Wildman–Crippen LogP) is 16.4. The van der Waals surface area contributed by atoms with Crippen LogP contribution in [-0.4, -0.2) is 36.4 Å². The fourth-order valence-corrected chi connectivity index (χ4v) is 10.1. The van der Waals surface area contributed by atoms with E-state index in [4.69, 9.17) is 9.47 Å². The summed E-state index contributed by atoms with van der Waals surface area (Å²) in [6.07, 6.45) is 11.2. The molecular weight excluding hydrogens is 985 g/mol. The van der Waals surface area contributed by atoms with Crippen LogP contribution in [0.25, 0.3) is 57.3 Å². The van der Waals surface area contributed by atoms with Crippen LogP contribution in [0.4, 0.5) is 34.1 Å². The first-order valence-corrected chi connectivity index (χ1v) is 25.4. The van der Waals surface area contributed by atoms with Crippen molar-refractivity contribution >= 4 is 105 Å². The lowest BCUT2D eigenvalue weighted by Crippen LogP contribution is -2.09. The molecule has 10 nitrogen and oxygen atoms in total. The Morgan fingerprint density at radius 2 is 0.671 bits per heavy atom. The van der Waals surface area contributed by atoms with Gasteiger partial charge in [-0.05, 0) is 167 Å². The van der Waals surface area contributed by atoms with Crippen LogP contribution in [0.2, 0.25) is 0 Å². The Morgan fingerprint density at radius 1 is 0.408 bits per heavy atom. The summed E-state index contributed by atoms with van der Waals surface area (Å²) in [4.78, 5) is 30.4. The van der Waals surface area contributed by atoms with Crippen LogP contribution in [0.3, 0.4) is 0 Å². The highest BCUT2D eigenvalue weighted by Gasteiger charge is 2.16. The lowest BCUT2D eigenvalue weighted by atomic mass is 10.1. The summed E-state index contributed by atoms with van der Waals surface area (Å²) in [6.45, 7) is 0. The minimum atomic E-state index is -1.25. The molecule has 9 rings (SSSR count). The van der Waals surface area contributed by atoms with E-state index >= 15 is 0 Å². The Morgan fingerprint density at radius 3 is 0.934 bits per heavy atom. The molecule has 0 fully saturated rings. The summed E-state index contributed by atoms with van der Waals surface area (Å²) in [7, 11) is 3.30. The first-order chi connectivity index (χ1) is 37.1. The molecule has 12 heteroatoms. The minimum Gasteiger partial charge on any atom is -0.497 e. The van der Waals surface area contributed by atoms with Crippen LogP contribution in [0.1, 0.15) is 32.0 Å². The largest absolute Gasteiger partial charge is 0.497 e. The average molecular weight is 1030 g/mol. The monoisotopic (exact) mass is 1030 g/mol. The van der Waals surface area contributed by atoms with Gasteiger partial charge in [-0.25, -0.2) is 9.59 Å². The van der Waals surface area contributed by atoms with Gasteiger partial charge in [0.05, 0.1) is 14.2 Å². The third kappa shape index (κ3) is 12.3. The van der Waals surface area contributed by atoms with Crippen LogP contribution in [-0.2, 0) is 9.59 Å². The number of carboxylic acids is 2. The second kappa shape index (κ2) is 23.7. The average Bonchev–Trinajstić information content (AvgIpc) is 4.15. The maximum absolute atomic E-state index is 11.4. The SMILES string of the molecule is COc1ccc(N(c2ccc(/C=C/c3ccc(/C=C/c4ccc(N(c5ccc(OC)cc5)c5ccc(-c6ccc(/C=C(\C#N)C(=O)O)s6)cc5)cc4)cc3)cc2)c2ccc(-c3ccc(/C=C(\C#N)C(=O)O)s3)cc2)cc1. The molecule has 0 aliphatic rings. The number of anilines is 6. The van der Waals surface area contributed by atoms with Crippen molar-refractivity contribution < 1.29 is 29.3 Å². The number of carboxylic acid groups (broad SMARTS) is 2. The van der Waals surface area contributed by atoms with Crippen molar-refractivity contribution in [3.8, 4) is 44.5 Å². The molecule has 0 aliphatic carbocycles. The summed E-state index contributed by atoms with van der Waals surface area (Å²) in [6, 6.07) is 68.4. The molecule has 0 saturated heterocycles. The first kappa shape index (κ1) is 50.9. The predicted molar refractivity (Wildman–Crippen MR) is 309 cm³/mol. The zero-order valence-corrected chi connectivity index (χ0v) is 42.7. The van der Waals surface area contributed by atoms with Gasteiger partial charge < -0.3 is 29.5 Å². The lowest BCUT2D eigenvalue weighted by molar-refractivity contribution is -0.133. The van der Waals surface area contributed by atoms with Crippen molar-refractivity contribution in [3.63, 3.8) is 0 Å². The molecule has 9 aromatic rings. The third-order valence-electron chi connectivity index (χ3n) is 12.2. The number of benzene rings is 7. The summed E-state index contributed by atoms with van der Waals surface area (Å²) in [5.74, 6) is -0.979. The van der Waals surface area contributed by atoms with Gasteiger partial charge in [-0.2, -0.15) is 10.5 Å². The summed E-state index contributed by atoms with van der Waals surface area (Å²) >= 11 is 2.85. The fourth-order valence-electron chi connectivity index (χ4n) is 8.22. The molecule has 2 N–H and O–H groups in total. The number of rotatable bonds is 18. The first-order valence-electron chi connectivity index (χ1n) is 23.7. The molecule has 76 heavy (non-hydrogen) atoms. The zero-order valence-electron chi connectivity index (χ0n) is 41.1. The Labute approximate surface area is 448 Å². The highest BCUT2D eigenvalue weighted by molar-refractivity contribution is 7.16. The van der Waals surface area contributed by atoms with Crippen LogP contribution in [0, 0.1) is 22.7 Å². The van der Waals surface area contributed by atoms with Gasteiger partial charge in [0.25, 0.3) is 0 Å². The van der Waals surface area contributed by atoms with E-state index in [-0.39, 0.29) is 11.1 Å². The van der Waals surface area contributed by atoms with Crippen molar-refractivity contribution in [3.05, 3.63) is 237 Å². The van der Waals surface area contributed by atoms with Crippen LogP contribution in [0.5, 0.6) is 11.5 Å². The maximum atomic E-state index is 11.4. The van der Waals surface area contributed by atoms with Crippen LogP contribution >= 0.6 is 22.7 Å². The summed E-state index contributed by atoms with van der Waals surface area (Å²) in [5, 5.41) is 37.0. The molecule has 0 unspecified atom stereocenters. The van der Waals surface area contributed by atoms with Crippen molar-refractivity contribution in [2.75, 3.05) is 24.0 Å². The number of methoxy groups -OCH3 is 2. The normalized spacial score (nSPS) is 11.5. The molecule has 0 atom stereocenters. The highest BCUT2D eigenvalue weighted by Crippen LogP contribution is 2.40. The summed E-state index contributed by atoms with van der Waals surface area (Å²) < 4.78 is 10.9. The van der Waals surface area contributed by atoms with Gasteiger partial charge in [0.1, 0.15) is 34.8 Å². The molecule has 0 radical (unpaired) electrons. The number of carbonyl (C=O) groups is 2. The molecule has 2 heterocycles. The van der Waals surface area contributed by atoms with Gasteiger partial charge in [0.15, 0.2) is 0 Å². The molecule has 0 bridgehead atoms. The number of aliphatic carboxylic acids is 2. The number of nitrogens with zero attached hydrogens (tertiary/aromatic N) is 4.